The highest BCUT2D eigenvalue weighted by Crippen LogP contribution is 2.22. The summed E-state index contributed by atoms with van der Waals surface area (Å²) in [6.45, 7) is 6.58. The standard InChI is InChI=1S/C10H15N.C6H2.H3N/c1-10(2,3)8-4-6-9(11)7-5-8;1-3-5-6-4-2;/h4-7H,11H2,1-3H3;1-2H;1H3. The second kappa shape index (κ2) is 8.77. The topological polar surface area (TPSA) is 61.0 Å². The van der Waals surface area contributed by atoms with E-state index in [0.717, 1.165) is 5.69 Å². The number of hydrogen-bond donors (Lipinski definition) is 2. The van der Waals surface area contributed by atoms with Crippen molar-refractivity contribution in [2.75, 3.05) is 5.73 Å². The molecule has 0 saturated carbocycles. The number of rotatable bonds is 0. The highest BCUT2D eigenvalue weighted by molar-refractivity contribution is 5.40. The predicted molar refractivity (Wildman–Crippen MR) is 80.0 cm³/mol. The number of terminal acetylenes is 2. The van der Waals surface area contributed by atoms with Crippen molar-refractivity contribution in [3.05, 3.63) is 29.8 Å². The maximum atomic E-state index is 5.57. The minimum atomic E-state index is 0. The molecule has 5 N–H and O–H groups in total. The minimum Gasteiger partial charge on any atom is -0.399 e. The minimum absolute atomic E-state index is 0. The summed E-state index contributed by atoms with van der Waals surface area (Å²) >= 11 is 0. The highest BCUT2D eigenvalue weighted by atomic mass is 14.5. The van der Waals surface area contributed by atoms with Gasteiger partial charge >= 0.3 is 0 Å². The largest absolute Gasteiger partial charge is 0.399 e. The van der Waals surface area contributed by atoms with E-state index in [-0.39, 0.29) is 11.6 Å². The van der Waals surface area contributed by atoms with E-state index in [4.69, 9.17) is 18.6 Å². The molecule has 0 bridgehead atoms. The van der Waals surface area contributed by atoms with Crippen molar-refractivity contribution in [2.24, 2.45) is 0 Å². The van der Waals surface area contributed by atoms with Crippen molar-refractivity contribution >= 4 is 5.69 Å². The van der Waals surface area contributed by atoms with Crippen LogP contribution in [0.1, 0.15) is 26.3 Å². The Morgan fingerprint density at radius 1 is 0.944 bits per heavy atom. The molecule has 18 heavy (non-hydrogen) atoms. The van der Waals surface area contributed by atoms with Crippen LogP contribution < -0.4 is 11.9 Å². The first-order valence-corrected chi connectivity index (χ1v) is 5.19. The van der Waals surface area contributed by atoms with Gasteiger partial charge in [0.05, 0.1) is 0 Å². The Labute approximate surface area is 111 Å². The maximum absolute atomic E-state index is 5.57. The summed E-state index contributed by atoms with van der Waals surface area (Å²) in [7, 11) is 0. The lowest BCUT2D eigenvalue weighted by Gasteiger charge is -2.18. The van der Waals surface area contributed by atoms with Gasteiger partial charge in [-0.3, -0.25) is 0 Å². The first-order valence-electron chi connectivity index (χ1n) is 5.19. The van der Waals surface area contributed by atoms with Gasteiger partial charge in [-0.25, -0.2) is 0 Å². The lowest BCUT2D eigenvalue weighted by molar-refractivity contribution is 0.590. The molecular weight excluding hydrogens is 220 g/mol. The van der Waals surface area contributed by atoms with Gasteiger partial charge in [-0.1, -0.05) is 32.9 Å². The molecule has 0 saturated heterocycles. The molecule has 1 aromatic carbocycles. The fourth-order valence-electron chi connectivity index (χ4n) is 1.06. The van der Waals surface area contributed by atoms with Crippen LogP contribution in [0, 0.1) is 36.5 Å². The molecule has 2 nitrogen and oxygen atoms in total. The lowest BCUT2D eigenvalue weighted by atomic mass is 9.87. The van der Waals surface area contributed by atoms with Crippen molar-refractivity contribution in [1.82, 2.24) is 6.15 Å². The Bertz CT molecular complexity index is 462. The van der Waals surface area contributed by atoms with Crippen LogP contribution in [0.25, 0.3) is 0 Å². The van der Waals surface area contributed by atoms with Crippen LogP contribution in [0.2, 0.25) is 0 Å². The fraction of sp³-hybridized carbons (Fsp3) is 0.250. The number of benzene rings is 1. The zero-order chi connectivity index (χ0) is 13.3. The summed E-state index contributed by atoms with van der Waals surface area (Å²) in [5.41, 5.74) is 7.96. The SMILES string of the molecule is C#CC#CC#C.CC(C)(C)c1ccc(N)cc1.N. The Balaban J connectivity index is 0. The average Bonchev–Trinajstić information content (AvgIpc) is 2.26. The van der Waals surface area contributed by atoms with E-state index >= 15 is 0 Å². The van der Waals surface area contributed by atoms with Crippen molar-refractivity contribution in [1.29, 1.82) is 0 Å². The van der Waals surface area contributed by atoms with Crippen LogP contribution in [0.15, 0.2) is 24.3 Å². The maximum Gasteiger partial charge on any atom is 0.0314 e. The quantitative estimate of drug-likeness (QED) is 0.541. The van der Waals surface area contributed by atoms with Crippen LogP contribution in [-0.4, -0.2) is 0 Å². The second-order valence-corrected chi connectivity index (χ2v) is 4.41. The monoisotopic (exact) mass is 240 g/mol. The molecule has 0 aliphatic carbocycles. The van der Waals surface area contributed by atoms with Gasteiger partial charge in [0.25, 0.3) is 0 Å². The molecule has 0 aliphatic rings. The Morgan fingerprint density at radius 3 is 1.61 bits per heavy atom. The van der Waals surface area contributed by atoms with Gasteiger partial charge < -0.3 is 11.9 Å². The summed E-state index contributed by atoms with van der Waals surface area (Å²) in [5, 5.41) is 0. The van der Waals surface area contributed by atoms with E-state index in [1.54, 1.807) is 0 Å². The molecule has 0 unspecified atom stereocenters. The number of nitrogen functional groups attached to an aromatic ring is 1. The van der Waals surface area contributed by atoms with Crippen LogP contribution in [-0.2, 0) is 5.41 Å². The van der Waals surface area contributed by atoms with E-state index in [1.165, 1.54) is 5.56 Å². The third-order valence-electron chi connectivity index (χ3n) is 1.98. The molecule has 0 fully saturated rings. The molecule has 1 rings (SSSR count). The van der Waals surface area contributed by atoms with Gasteiger partial charge in [-0.2, -0.15) is 0 Å². The van der Waals surface area contributed by atoms with E-state index < -0.39 is 0 Å². The van der Waals surface area contributed by atoms with Gasteiger partial charge in [0.2, 0.25) is 0 Å². The van der Waals surface area contributed by atoms with Crippen LogP contribution in [0.5, 0.6) is 0 Å². The molecule has 94 valence electrons. The third kappa shape index (κ3) is 7.89. The molecule has 0 spiro atoms. The first-order chi connectivity index (χ1) is 7.91. The molecule has 0 aromatic heterocycles. The zero-order valence-electron chi connectivity index (χ0n) is 11.2. The van der Waals surface area contributed by atoms with Crippen LogP contribution in [0.3, 0.4) is 0 Å². The Hall–Kier alpha value is -2.34. The highest BCUT2D eigenvalue weighted by Gasteiger charge is 2.11. The molecular formula is C16H20N2. The summed E-state index contributed by atoms with van der Waals surface area (Å²) in [4.78, 5) is 0. The van der Waals surface area contributed by atoms with Gasteiger partial charge in [-0.15, -0.1) is 12.8 Å². The van der Waals surface area contributed by atoms with Gasteiger partial charge in [0.1, 0.15) is 0 Å². The van der Waals surface area contributed by atoms with E-state index in [9.17, 15) is 0 Å². The fourth-order valence-corrected chi connectivity index (χ4v) is 1.06. The van der Waals surface area contributed by atoms with Crippen molar-refractivity contribution in [2.45, 2.75) is 26.2 Å². The van der Waals surface area contributed by atoms with Gasteiger partial charge in [-0.05, 0) is 46.8 Å². The van der Waals surface area contributed by atoms with E-state index in [1.807, 2.05) is 12.1 Å². The molecule has 2 heteroatoms. The second-order valence-electron chi connectivity index (χ2n) is 4.41. The van der Waals surface area contributed by atoms with Gasteiger partial charge in [0, 0.05) is 5.69 Å². The van der Waals surface area contributed by atoms with Crippen molar-refractivity contribution < 1.29 is 0 Å². The molecule has 0 radical (unpaired) electrons. The predicted octanol–water partition coefficient (Wildman–Crippen LogP) is 2.98. The zero-order valence-corrected chi connectivity index (χ0v) is 11.2. The summed E-state index contributed by atoms with van der Waals surface area (Å²) < 4.78 is 0. The van der Waals surface area contributed by atoms with E-state index in [2.05, 4.69) is 56.6 Å². The van der Waals surface area contributed by atoms with Crippen LogP contribution >= 0.6 is 0 Å². The normalized spacial score (nSPS) is 8.06. The summed E-state index contributed by atoms with van der Waals surface area (Å²) in [6.07, 6.45) is 9.39. The lowest BCUT2D eigenvalue weighted by Crippen LogP contribution is -2.10. The summed E-state index contributed by atoms with van der Waals surface area (Å²) in [6, 6.07) is 8.05. The molecule has 1 aromatic rings. The van der Waals surface area contributed by atoms with E-state index in [0.29, 0.717) is 0 Å². The third-order valence-corrected chi connectivity index (χ3v) is 1.98. The molecule has 0 amide bonds. The smallest absolute Gasteiger partial charge is 0.0314 e. The average molecular weight is 240 g/mol. The van der Waals surface area contributed by atoms with Crippen molar-refractivity contribution in [3.63, 3.8) is 0 Å². The van der Waals surface area contributed by atoms with Gasteiger partial charge in [0.15, 0.2) is 0 Å². The van der Waals surface area contributed by atoms with Crippen LogP contribution in [0.4, 0.5) is 5.69 Å². The molecule has 0 heterocycles. The Kier molecular flexibility index (Phi) is 8.79. The molecule has 0 aliphatic heterocycles. The summed E-state index contributed by atoms with van der Waals surface area (Å²) in [5.74, 6) is 8.61. The number of nitrogens with two attached hydrogens (primary N) is 1. The molecule has 0 atom stereocenters. The number of anilines is 1. The number of hydrogen-bond acceptors (Lipinski definition) is 2. The Morgan fingerprint density at radius 2 is 1.33 bits per heavy atom. The van der Waals surface area contributed by atoms with Crippen molar-refractivity contribution in [3.8, 4) is 36.5 Å². The first kappa shape index (κ1) is 18.0.